The lowest BCUT2D eigenvalue weighted by molar-refractivity contribution is 1.01. The lowest BCUT2D eigenvalue weighted by Gasteiger charge is -2.09. The highest BCUT2D eigenvalue weighted by Crippen LogP contribution is 2.47. The predicted molar refractivity (Wildman–Crippen MR) is 169 cm³/mol. The topological polar surface area (TPSA) is 14.3 Å². The van der Waals surface area contributed by atoms with Crippen LogP contribution in [0.15, 0.2) is 121 Å². The SMILES string of the molecule is Cn1c2cccc3c4cccc5c6ccccc6n(c45)c4c(c32)c1cc1c4c2ccccc2n1-c1ccccc1. The van der Waals surface area contributed by atoms with Gasteiger partial charge in [0.25, 0.3) is 0 Å². The molecule has 0 atom stereocenters. The van der Waals surface area contributed by atoms with Gasteiger partial charge in [0, 0.05) is 56.0 Å². The second-order valence-corrected chi connectivity index (χ2v) is 11.0. The Bertz CT molecular complexity index is 2650. The average Bonchev–Trinajstić information content (AvgIpc) is 3.59. The quantitative estimate of drug-likeness (QED) is 0.209. The second kappa shape index (κ2) is 7.02. The fourth-order valence-electron chi connectivity index (χ4n) is 7.59. The summed E-state index contributed by atoms with van der Waals surface area (Å²) in [7, 11) is 2.22. The van der Waals surface area contributed by atoms with Crippen molar-refractivity contribution in [1.29, 1.82) is 0 Å². The van der Waals surface area contributed by atoms with Gasteiger partial charge in [-0.15, -0.1) is 0 Å². The highest BCUT2D eigenvalue weighted by molar-refractivity contribution is 6.36. The van der Waals surface area contributed by atoms with Gasteiger partial charge in [-0.05, 0) is 41.8 Å². The summed E-state index contributed by atoms with van der Waals surface area (Å²) in [5.41, 5.74) is 9.98. The molecular weight excluding hydrogens is 486 g/mol. The standard InChI is InChI=1S/C37H23N3/c1-38-30-20-10-15-24-26-17-9-16-25-23-13-5-7-18-28(23)40(36(25)26)37-34-27-14-6-8-19-29(27)39(22-11-3-2-4-12-22)32(34)21-31(38)35(37)33(24)30/h2-21H,1H3. The van der Waals surface area contributed by atoms with E-state index >= 15 is 0 Å². The van der Waals surface area contributed by atoms with Crippen molar-refractivity contribution in [2.75, 3.05) is 0 Å². The van der Waals surface area contributed by atoms with Crippen LogP contribution in [0.3, 0.4) is 0 Å². The fraction of sp³-hybridized carbons (Fsp3) is 0.0270. The molecule has 0 unspecified atom stereocenters. The molecular formula is C37H23N3. The van der Waals surface area contributed by atoms with Gasteiger partial charge in [-0.2, -0.15) is 0 Å². The first-order chi connectivity index (χ1) is 19.8. The first-order valence-electron chi connectivity index (χ1n) is 13.9. The minimum absolute atomic E-state index is 1.18. The van der Waals surface area contributed by atoms with Gasteiger partial charge >= 0.3 is 0 Å². The molecule has 0 fully saturated rings. The van der Waals surface area contributed by atoms with E-state index in [1.54, 1.807) is 0 Å². The zero-order valence-electron chi connectivity index (χ0n) is 21.9. The van der Waals surface area contributed by atoms with Crippen molar-refractivity contribution in [3.05, 3.63) is 121 Å². The van der Waals surface area contributed by atoms with Crippen LogP contribution in [0, 0.1) is 0 Å². The Morgan fingerprint density at radius 1 is 0.400 bits per heavy atom. The van der Waals surface area contributed by atoms with Gasteiger partial charge < -0.3 is 13.5 Å². The molecule has 0 aliphatic heterocycles. The Morgan fingerprint density at radius 3 is 1.88 bits per heavy atom. The van der Waals surface area contributed by atoms with Crippen molar-refractivity contribution < 1.29 is 0 Å². The van der Waals surface area contributed by atoms with E-state index in [4.69, 9.17) is 0 Å². The number of hydrogen-bond donors (Lipinski definition) is 0. The predicted octanol–water partition coefficient (Wildman–Crippen LogP) is 9.58. The number of nitrogens with zero attached hydrogens (tertiary/aromatic N) is 3. The van der Waals surface area contributed by atoms with Gasteiger partial charge in [0.2, 0.25) is 0 Å². The fourth-order valence-corrected chi connectivity index (χ4v) is 7.59. The Balaban J connectivity index is 1.68. The molecule has 4 aromatic heterocycles. The largest absolute Gasteiger partial charge is 0.343 e. The maximum Gasteiger partial charge on any atom is 0.0663 e. The van der Waals surface area contributed by atoms with Crippen molar-refractivity contribution >= 4 is 81.7 Å². The number of fused-ring (bicyclic) bond motifs is 9. The molecule has 0 N–H and O–H groups in total. The molecule has 10 rings (SSSR count). The van der Waals surface area contributed by atoms with Crippen LogP contribution in [0.1, 0.15) is 0 Å². The van der Waals surface area contributed by atoms with Crippen molar-refractivity contribution in [1.82, 2.24) is 13.5 Å². The summed E-state index contributed by atoms with van der Waals surface area (Å²) in [6.07, 6.45) is 0. The second-order valence-electron chi connectivity index (χ2n) is 11.0. The van der Waals surface area contributed by atoms with Gasteiger partial charge in [-0.25, -0.2) is 0 Å². The zero-order chi connectivity index (χ0) is 26.1. The first kappa shape index (κ1) is 20.7. The van der Waals surface area contributed by atoms with Crippen LogP contribution in [0.5, 0.6) is 0 Å². The lowest BCUT2D eigenvalue weighted by atomic mass is 10.0. The van der Waals surface area contributed by atoms with E-state index in [0.29, 0.717) is 0 Å². The van der Waals surface area contributed by atoms with Crippen molar-refractivity contribution in [2.45, 2.75) is 0 Å². The summed E-state index contributed by atoms with van der Waals surface area (Å²) in [5.74, 6) is 0. The molecule has 4 heterocycles. The van der Waals surface area contributed by atoms with Crippen LogP contribution in [-0.2, 0) is 7.05 Å². The third-order valence-corrected chi connectivity index (χ3v) is 9.15. The molecule has 0 saturated carbocycles. The van der Waals surface area contributed by atoms with Crippen molar-refractivity contribution in [3.8, 4) is 5.69 Å². The summed E-state index contributed by atoms with van der Waals surface area (Å²) in [5, 5.41) is 10.4. The minimum atomic E-state index is 1.18. The first-order valence-corrected chi connectivity index (χ1v) is 13.9. The maximum atomic E-state index is 2.58. The van der Waals surface area contributed by atoms with Crippen LogP contribution in [0.2, 0.25) is 0 Å². The molecule has 0 aliphatic rings. The number of aromatic nitrogens is 3. The number of rotatable bonds is 1. The van der Waals surface area contributed by atoms with Gasteiger partial charge in [0.05, 0.1) is 33.1 Å². The highest BCUT2D eigenvalue weighted by Gasteiger charge is 2.25. The summed E-state index contributed by atoms with van der Waals surface area (Å²) in [6.45, 7) is 0. The molecule has 0 radical (unpaired) electrons. The van der Waals surface area contributed by atoms with Crippen molar-refractivity contribution in [2.24, 2.45) is 7.05 Å². The smallest absolute Gasteiger partial charge is 0.0663 e. The van der Waals surface area contributed by atoms with Gasteiger partial charge in [0.1, 0.15) is 0 Å². The van der Waals surface area contributed by atoms with Crippen LogP contribution in [0.25, 0.3) is 87.4 Å². The van der Waals surface area contributed by atoms with E-state index in [9.17, 15) is 0 Å². The van der Waals surface area contributed by atoms with E-state index in [1.165, 1.54) is 87.4 Å². The van der Waals surface area contributed by atoms with Crippen LogP contribution in [-0.4, -0.2) is 13.5 Å². The van der Waals surface area contributed by atoms with Gasteiger partial charge in [0.15, 0.2) is 0 Å². The molecule has 3 nitrogen and oxygen atoms in total. The summed E-state index contributed by atoms with van der Waals surface area (Å²) in [6, 6.07) is 44.6. The Hall–Kier alpha value is -5.28. The Morgan fingerprint density at radius 2 is 1.02 bits per heavy atom. The number of hydrogen-bond acceptors (Lipinski definition) is 0. The molecule has 0 spiro atoms. The van der Waals surface area contributed by atoms with Crippen LogP contribution in [0.4, 0.5) is 0 Å². The lowest BCUT2D eigenvalue weighted by Crippen LogP contribution is -1.95. The molecule has 3 heteroatoms. The molecule has 10 aromatic rings. The Labute approximate surface area is 229 Å². The van der Waals surface area contributed by atoms with E-state index in [1.807, 2.05) is 0 Å². The third kappa shape index (κ3) is 2.26. The average molecular weight is 510 g/mol. The van der Waals surface area contributed by atoms with Gasteiger partial charge in [-0.1, -0.05) is 84.9 Å². The molecule has 186 valence electrons. The normalized spacial score (nSPS) is 12.6. The van der Waals surface area contributed by atoms with E-state index < -0.39 is 0 Å². The van der Waals surface area contributed by atoms with Crippen LogP contribution < -0.4 is 0 Å². The molecule has 40 heavy (non-hydrogen) atoms. The van der Waals surface area contributed by atoms with E-state index in [0.717, 1.165) is 0 Å². The molecule has 0 amide bonds. The van der Waals surface area contributed by atoms with E-state index in [-0.39, 0.29) is 0 Å². The number of benzene rings is 6. The van der Waals surface area contributed by atoms with Crippen molar-refractivity contribution in [3.63, 3.8) is 0 Å². The number of para-hydroxylation sites is 4. The molecule has 0 saturated heterocycles. The highest BCUT2D eigenvalue weighted by atomic mass is 15.0. The molecule has 0 aliphatic carbocycles. The van der Waals surface area contributed by atoms with E-state index in [2.05, 4.69) is 142 Å². The summed E-state index contributed by atoms with van der Waals surface area (Å²) < 4.78 is 7.41. The molecule has 6 aromatic carbocycles. The monoisotopic (exact) mass is 509 g/mol. The van der Waals surface area contributed by atoms with Gasteiger partial charge in [-0.3, -0.25) is 0 Å². The van der Waals surface area contributed by atoms with Crippen LogP contribution >= 0.6 is 0 Å². The Kier molecular flexibility index (Phi) is 3.62. The summed E-state index contributed by atoms with van der Waals surface area (Å²) >= 11 is 0. The maximum absolute atomic E-state index is 2.58. The third-order valence-electron chi connectivity index (χ3n) is 9.15. The zero-order valence-corrected chi connectivity index (χ0v) is 21.9. The minimum Gasteiger partial charge on any atom is -0.343 e. The molecule has 0 bridgehead atoms. The number of aryl methyl sites for hydroxylation is 1. The summed E-state index contributed by atoms with van der Waals surface area (Å²) in [4.78, 5) is 0.